The van der Waals surface area contributed by atoms with Gasteiger partial charge in [0, 0.05) is 7.05 Å². The van der Waals surface area contributed by atoms with E-state index in [1.807, 2.05) is 6.07 Å². The van der Waals surface area contributed by atoms with Gasteiger partial charge in [0.05, 0.1) is 16.7 Å². The largest absolute Gasteiger partial charge is 0.480 e. The average Bonchev–Trinajstić information content (AvgIpc) is 2.37. The van der Waals surface area contributed by atoms with E-state index in [0.29, 0.717) is 4.31 Å². The number of carboxylic acid groups (broad SMARTS) is 1. The van der Waals surface area contributed by atoms with Crippen LogP contribution in [0, 0.1) is 11.3 Å². The van der Waals surface area contributed by atoms with Crippen LogP contribution in [0.1, 0.15) is 19.4 Å². The first-order valence-electron chi connectivity index (χ1n) is 5.47. The third-order valence-corrected chi connectivity index (χ3v) is 5.52. The molecule has 0 radical (unpaired) electrons. The maximum atomic E-state index is 12.4. The molecule has 0 saturated heterocycles. The minimum absolute atomic E-state index is 0.0722. The molecule has 8 heteroatoms. The number of carbonyl (C=O) groups is 1. The Balaban J connectivity index is 3.46. The van der Waals surface area contributed by atoms with Crippen LogP contribution in [0.2, 0.25) is 5.02 Å². The van der Waals surface area contributed by atoms with Crippen molar-refractivity contribution in [3.8, 4) is 6.07 Å². The Morgan fingerprint density at radius 1 is 1.45 bits per heavy atom. The number of rotatable bonds is 4. The van der Waals surface area contributed by atoms with Gasteiger partial charge in [-0.15, -0.1) is 0 Å². The molecule has 0 atom stereocenters. The topological polar surface area (TPSA) is 98.5 Å². The molecule has 0 heterocycles. The third-order valence-electron chi connectivity index (χ3n) is 3.01. The fourth-order valence-electron chi connectivity index (χ4n) is 1.35. The minimum Gasteiger partial charge on any atom is -0.480 e. The van der Waals surface area contributed by atoms with Crippen LogP contribution in [0.15, 0.2) is 23.1 Å². The van der Waals surface area contributed by atoms with E-state index in [4.69, 9.17) is 22.0 Å². The zero-order valence-corrected chi connectivity index (χ0v) is 12.7. The second-order valence-electron chi connectivity index (χ2n) is 4.59. The number of halogens is 1. The van der Waals surface area contributed by atoms with Gasteiger partial charge in [-0.1, -0.05) is 11.6 Å². The van der Waals surface area contributed by atoms with Gasteiger partial charge in [-0.05, 0) is 32.0 Å². The summed E-state index contributed by atoms with van der Waals surface area (Å²) in [4.78, 5) is 10.9. The summed E-state index contributed by atoms with van der Waals surface area (Å²) in [6.07, 6.45) is 0. The molecule has 0 aliphatic rings. The minimum atomic E-state index is -4.14. The monoisotopic (exact) mass is 316 g/mol. The fraction of sp³-hybridized carbons (Fsp3) is 0.333. The smallest absolute Gasteiger partial charge is 0.324 e. The van der Waals surface area contributed by atoms with E-state index >= 15 is 0 Å². The van der Waals surface area contributed by atoms with Crippen LogP contribution < -0.4 is 0 Å². The second kappa shape index (κ2) is 5.40. The zero-order chi connectivity index (χ0) is 15.7. The summed E-state index contributed by atoms with van der Waals surface area (Å²) in [7, 11) is -2.98. The van der Waals surface area contributed by atoms with Crippen molar-refractivity contribution in [2.45, 2.75) is 24.3 Å². The highest BCUT2D eigenvalue weighted by Gasteiger charge is 2.40. The van der Waals surface area contributed by atoms with Crippen LogP contribution >= 0.6 is 11.6 Å². The van der Waals surface area contributed by atoms with Crippen LogP contribution in [0.5, 0.6) is 0 Å². The molecular weight excluding hydrogens is 304 g/mol. The summed E-state index contributed by atoms with van der Waals surface area (Å²) in [5.74, 6) is -1.30. The number of sulfonamides is 1. The lowest BCUT2D eigenvalue weighted by atomic mass is 10.1. The summed E-state index contributed by atoms with van der Waals surface area (Å²) < 4.78 is 25.6. The first kappa shape index (κ1) is 16.4. The number of benzene rings is 1. The molecule has 1 N–H and O–H groups in total. The average molecular weight is 317 g/mol. The number of aliphatic carboxylic acids is 1. The Hall–Kier alpha value is -1.62. The number of hydrogen-bond acceptors (Lipinski definition) is 4. The summed E-state index contributed by atoms with van der Waals surface area (Å²) in [6.45, 7) is 2.52. The van der Waals surface area contributed by atoms with Gasteiger partial charge in [0.15, 0.2) is 0 Å². The van der Waals surface area contributed by atoms with Crippen LogP contribution in [0.25, 0.3) is 0 Å². The molecule has 1 aromatic carbocycles. The normalized spacial score (nSPS) is 12.2. The quantitative estimate of drug-likeness (QED) is 0.911. The lowest BCUT2D eigenvalue weighted by Gasteiger charge is -2.30. The van der Waals surface area contributed by atoms with Crippen molar-refractivity contribution >= 4 is 27.6 Å². The van der Waals surface area contributed by atoms with Gasteiger partial charge in [-0.25, -0.2) is 8.42 Å². The maximum absolute atomic E-state index is 12.4. The molecule has 0 spiro atoms. The van der Waals surface area contributed by atoms with Gasteiger partial charge in [0.25, 0.3) is 0 Å². The van der Waals surface area contributed by atoms with Crippen LogP contribution in [-0.4, -0.2) is 36.4 Å². The molecule has 0 bridgehead atoms. The van der Waals surface area contributed by atoms with Gasteiger partial charge < -0.3 is 5.11 Å². The summed E-state index contributed by atoms with van der Waals surface area (Å²) in [5, 5.41) is 17.8. The van der Waals surface area contributed by atoms with Crippen molar-refractivity contribution in [3.05, 3.63) is 28.8 Å². The summed E-state index contributed by atoms with van der Waals surface area (Å²) >= 11 is 5.85. The van der Waals surface area contributed by atoms with Crippen molar-refractivity contribution < 1.29 is 18.3 Å². The molecule has 0 amide bonds. The van der Waals surface area contributed by atoms with Crippen molar-refractivity contribution in [1.82, 2.24) is 4.31 Å². The number of likely N-dealkylation sites (N-methyl/N-ethyl adjacent to an activating group) is 1. The molecule has 20 heavy (non-hydrogen) atoms. The van der Waals surface area contributed by atoms with Crippen molar-refractivity contribution in [2.75, 3.05) is 7.05 Å². The molecule has 0 unspecified atom stereocenters. The van der Waals surface area contributed by atoms with E-state index in [2.05, 4.69) is 0 Å². The molecule has 0 fully saturated rings. The van der Waals surface area contributed by atoms with E-state index in [9.17, 15) is 13.2 Å². The molecule has 1 aromatic rings. The van der Waals surface area contributed by atoms with Gasteiger partial charge >= 0.3 is 5.97 Å². The third kappa shape index (κ3) is 2.77. The predicted molar refractivity (Wildman–Crippen MR) is 72.8 cm³/mol. The predicted octanol–water partition coefficient (Wildman–Crippen LogP) is 1.70. The van der Waals surface area contributed by atoms with Gasteiger partial charge in [0.1, 0.15) is 10.4 Å². The first-order chi connectivity index (χ1) is 9.05. The van der Waals surface area contributed by atoms with E-state index in [1.165, 1.54) is 26.0 Å². The number of nitrogens with zero attached hydrogens (tertiary/aromatic N) is 2. The van der Waals surface area contributed by atoms with E-state index < -0.39 is 21.5 Å². The van der Waals surface area contributed by atoms with Crippen LogP contribution in [-0.2, 0) is 14.8 Å². The Morgan fingerprint density at radius 3 is 2.45 bits per heavy atom. The lowest BCUT2D eigenvalue weighted by molar-refractivity contribution is -0.145. The lowest BCUT2D eigenvalue weighted by Crippen LogP contribution is -2.50. The standard InChI is InChI=1S/C12H13ClN2O4S/c1-12(2,11(16)17)15(3)20(18,19)10-6-8(7-14)4-5-9(10)13/h4-6H,1-3H3,(H,16,17). The number of hydrogen-bond donors (Lipinski definition) is 1. The Kier molecular flexibility index (Phi) is 4.44. The molecule has 0 aliphatic carbocycles. The maximum Gasteiger partial charge on any atom is 0.324 e. The van der Waals surface area contributed by atoms with Crippen molar-refractivity contribution in [2.24, 2.45) is 0 Å². The molecule has 108 valence electrons. The fourth-order valence-corrected chi connectivity index (χ4v) is 3.33. The number of carboxylic acids is 1. The molecule has 0 saturated carbocycles. The van der Waals surface area contributed by atoms with Crippen molar-refractivity contribution in [1.29, 1.82) is 5.26 Å². The van der Waals surface area contributed by atoms with E-state index in [1.54, 1.807) is 0 Å². The van der Waals surface area contributed by atoms with E-state index in [-0.39, 0.29) is 15.5 Å². The molecule has 0 aromatic heterocycles. The van der Waals surface area contributed by atoms with Crippen LogP contribution in [0.3, 0.4) is 0 Å². The summed E-state index contributed by atoms with van der Waals surface area (Å²) in [5.41, 5.74) is -1.53. The molecular formula is C12H13ClN2O4S. The highest BCUT2D eigenvalue weighted by Crippen LogP contribution is 2.29. The Bertz CT molecular complexity index is 692. The molecule has 0 aliphatic heterocycles. The highest BCUT2D eigenvalue weighted by molar-refractivity contribution is 7.89. The molecule has 1 rings (SSSR count). The van der Waals surface area contributed by atoms with Gasteiger partial charge in [-0.2, -0.15) is 9.57 Å². The van der Waals surface area contributed by atoms with Crippen LogP contribution in [0.4, 0.5) is 0 Å². The van der Waals surface area contributed by atoms with Gasteiger partial charge in [-0.3, -0.25) is 4.79 Å². The highest BCUT2D eigenvalue weighted by atomic mass is 35.5. The Morgan fingerprint density at radius 2 is 2.00 bits per heavy atom. The van der Waals surface area contributed by atoms with Gasteiger partial charge in [0.2, 0.25) is 10.0 Å². The zero-order valence-electron chi connectivity index (χ0n) is 11.1. The van der Waals surface area contributed by atoms with E-state index in [0.717, 1.165) is 13.1 Å². The SMILES string of the molecule is CN(C(C)(C)C(=O)O)S(=O)(=O)c1cc(C#N)ccc1Cl. The second-order valence-corrected chi connectivity index (χ2v) is 6.94. The summed E-state index contributed by atoms with van der Waals surface area (Å²) in [6, 6.07) is 5.59. The Labute approximate surface area is 122 Å². The molecule has 6 nitrogen and oxygen atoms in total. The van der Waals surface area contributed by atoms with Crippen molar-refractivity contribution in [3.63, 3.8) is 0 Å². The first-order valence-corrected chi connectivity index (χ1v) is 7.29. The number of nitriles is 1.